The smallest absolute Gasteiger partial charge is 0.340 e. The highest BCUT2D eigenvalue weighted by Crippen LogP contribution is 2.32. The van der Waals surface area contributed by atoms with Crippen molar-refractivity contribution in [3.05, 3.63) is 28.1 Å². The van der Waals surface area contributed by atoms with Gasteiger partial charge in [-0.2, -0.15) is 0 Å². The van der Waals surface area contributed by atoms with Gasteiger partial charge >= 0.3 is 5.97 Å². The molecule has 0 fully saturated rings. The number of esters is 1. The molecule has 2 rings (SSSR count). The third kappa shape index (κ3) is 1.85. The molecule has 17 heavy (non-hydrogen) atoms. The minimum atomic E-state index is -0.635. The summed E-state index contributed by atoms with van der Waals surface area (Å²) in [6, 6.07) is 1.48. The fourth-order valence-corrected chi connectivity index (χ4v) is 2.44. The molecule has 0 saturated heterocycles. The van der Waals surface area contributed by atoms with E-state index in [0.29, 0.717) is 0 Å². The third-order valence-electron chi connectivity index (χ3n) is 2.13. The summed E-state index contributed by atoms with van der Waals surface area (Å²) in [4.78, 5) is 35.5. The second kappa shape index (κ2) is 4.31. The predicted octanol–water partition coefficient (Wildman–Crippen LogP) is 1.53. The Hall–Kier alpha value is -1.66. The first kappa shape index (κ1) is 11.8. The van der Waals surface area contributed by atoms with Crippen LogP contribution in [-0.2, 0) is 14.3 Å². The van der Waals surface area contributed by atoms with Gasteiger partial charge in [0.15, 0.2) is 0 Å². The lowest BCUT2D eigenvalue weighted by atomic mass is 10.3. The number of methoxy groups -OCH3 is 1. The highest BCUT2D eigenvalue weighted by molar-refractivity contribution is 7.15. The molecule has 0 radical (unpaired) electrons. The van der Waals surface area contributed by atoms with Crippen LogP contribution in [0.1, 0.15) is 10.4 Å². The number of rotatable bonds is 2. The minimum absolute atomic E-state index is 0.166. The molecule has 0 aromatic carbocycles. The molecule has 2 amide bonds. The van der Waals surface area contributed by atoms with Gasteiger partial charge < -0.3 is 4.74 Å². The van der Waals surface area contributed by atoms with Crippen molar-refractivity contribution in [1.29, 1.82) is 0 Å². The number of carbonyl (C=O) groups excluding carboxylic acids is 3. The molecule has 1 aromatic rings. The first-order chi connectivity index (χ1) is 8.06. The summed E-state index contributed by atoms with van der Waals surface area (Å²) in [6.45, 7) is 0. The van der Waals surface area contributed by atoms with Crippen molar-refractivity contribution in [3.63, 3.8) is 0 Å². The number of imide groups is 1. The van der Waals surface area contributed by atoms with E-state index in [4.69, 9.17) is 11.6 Å². The van der Waals surface area contributed by atoms with Crippen molar-refractivity contribution in [2.75, 3.05) is 12.0 Å². The SMILES string of the molecule is COC(=O)c1ccsc1N1C(=O)C=C(Cl)C1=O. The Balaban J connectivity index is 2.43. The molecule has 1 aliphatic rings. The van der Waals surface area contributed by atoms with Gasteiger partial charge in [0, 0.05) is 6.08 Å². The molecule has 1 aromatic heterocycles. The fraction of sp³-hybridized carbons (Fsp3) is 0.100. The number of thiophene rings is 1. The number of hydrogen-bond acceptors (Lipinski definition) is 5. The maximum atomic E-state index is 11.6. The number of ether oxygens (including phenoxy) is 1. The summed E-state index contributed by atoms with van der Waals surface area (Å²) in [5, 5.41) is 1.65. The molecule has 88 valence electrons. The summed E-state index contributed by atoms with van der Waals surface area (Å²) in [6.07, 6.45) is 1.02. The van der Waals surface area contributed by atoms with Crippen LogP contribution in [0.25, 0.3) is 0 Å². The van der Waals surface area contributed by atoms with Gasteiger partial charge in [-0.3, -0.25) is 9.59 Å². The molecule has 0 N–H and O–H groups in total. The van der Waals surface area contributed by atoms with Crippen LogP contribution >= 0.6 is 22.9 Å². The zero-order valence-corrected chi connectivity index (χ0v) is 10.2. The van der Waals surface area contributed by atoms with E-state index in [2.05, 4.69) is 4.74 Å². The average Bonchev–Trinajstić information content (AvgIpc) is 2.84. The number of nitrogens with zero attached hydrogens (tertiary/aromatic N) is 1. The van der Waals surface area contributed by atoms with Crippen LogP contribution in [0, 0.1) is 0 Å². The molecule has 1 aliphatic heterocycles. The Bertz CT molecular complexity index is 548. The van der Waals surface area contributed by atoms with Crippen LogP contribution in [0.2, 0.25) is 0 Å². The zero-order valence-electron chi connectivity index (χ0n) is 8.60. The quantitative estimate of drug-likeness (QED) is 0.604. The van der Waals surface area contributed by atoms with Crippen molar-refractivity contribution >= 4 is 45.7 Å². The van der Waals surface area contributed by atoms with E-state index in [1.807, 2.05) is 0 Å². The lowest BCUT2D eigenvalue weighted by Crippen LogP contribution is -2.30. The Morgan fingerprint density at radius 3 is 2.71 bits per heavy atom. The Kier molecular flexibility index (Phi) is 2.99. The van der Waals surface area contributed by atoms with Gasteiger partial charge in [0.2, 0.25) is 0 Å². The number of amides is 2. The Labute approximate surface area is 105 Å². The van der Waals surface area contributed by atoms with Crippen molar-refractivity contribution in [2.24, 2.45) is 0 Å². The Morgan fingerprint density at radius 1 is 1.47 bits per heavy atom. The van der Waals surface area contributed by atoms with Gasteiger partial charge in [-0.25, -0.2) is 9.69 Å². The van der Waals surface area contributed by atoms with Crippen molar-refractivity contribution < 1.29 is 19.1 Å². The second-order valence-electron chi connectivity index (χ2n) is 3.10. The summed E-state index contributed by atoms with van der Waals surface area (Å²) in [7, 11) is 1.22. The molecular formula is C10H6ClNO4S. The van der Waals surface area contributed by atoms with Crippen molar-refractivity contribution in [3.8, 4) is 0 Å². The predicted molar refractivity (Wildman–Crippen MR) is 62.1 cm³/mol. The molecular weight excluding hydrogens is 266 g/mol. The van der Waals surface area contributed by atoms with Gasteiger partial charge in [-0.05, 0) is 11.4 Å². The van der Waals surface area contributed by atoms with E-state index in [0.717, 1.165) is 22.3 Å². The Morgan fingerprint density at radius 2 is 2.18 bits per heavy atom. The number of hydrogen-bond donors (Lipinski definition) is 0. The molecule has 5 nitrogen and oxygen atoms in total. The molecule has 0 atom stereocenters. The van der Waals surface area contributed by atoms with Gasteiger partial charge in [0.25, 0.3) is 11.8 Å². The lowest BCUT2D eigenvalue weighted by molar-refractivity contribution is -0.120. The van der Waals surface area contributed by atoms with E-state index in [1.165, 1.54) is 13.2 Å². The van der Waals surface area contributed by atoms with E-state index >= 15 is 0 Å². The zero-order chi connectivity index (χ0) is 12.6. The largest absolute Gasteiger partial charge is 0.465 e. The standard InChI is InChI=1S/C10H6ClNO4S/c1-16-10(15)5-2-3-17-9(5)12-7(13)4-6(11)8(12)14/h2-4H,1H3. The van der Waals surface area contributed by atoms with Crippen LogP contribution in [0.3, 0.4) is 0 Å². The number of halogens is 1. The molecule has 2 heterocycles. The second-order valence-corrected chi connectivity index (χ2v) is 4.40. The lowest BCUT2D eigenvalue weighted by Gasteiger charge is -2.13. The van der Waals surface area contributed by atoms with Gasteiger partial charge in [-0.15, -0.1) is 11.3 Å². The molecule has 7 heteroatoms. The molecule has 0 aliphatic carbocycles. The van der Waals surface area contributed by atoms with Crippen molar-refractivity contribution in [1.82, 2.24) is 0 Å². The van der Waals surface area contributed by atoms with Crippen LogP contribution in [0.5, 0.6) is 0 Å². The van der Waals surface area contributed by atoms with Crippen LogP contribution in [-0.4, -0.2) is 24.9 Å². The first-order valence-corrected chi connectivity index (χ1v) is 5.73. The van der Waals surface area contributed by atoms with Gasteiger partial charge in [0.1, 0.15) is 10.0 Å². The fourth-order valence-electron chi connectivity index (χ4n) is 1.37. The monoisotopic (exact) mass is 271 g/mol. The topological polar surface area (TPSA) is 63.7 Å². The average molecular weight is 272 g/mol. The summed E-state index contributed by atoms with van der Waals surface area (Å²) in [5.74, 6) is -1.80. The maximum absolute atomic E-state index is 11.6. The number of carbonyl (C=O) groups is 3. The van der Waals surface area contributed by atoms with Crippen molar-refractivity contribution in [2.45, 2.75) is 0 Å². The van der Waals surface area contributed by atoms with Gasteiger partial charge in [-0.1, -0.05) is 11.6 Å². The summed E-state index contributed by atoms with van der Waals surface area (Å²) < 4.78 is 4.56. The number of anilines is 1. The maximum Gasteiger partial charge on any atom is 0.340 e. The minimum Gasteiger partial charge on any atom is -0.465 e. The van der Waals surface area contributed by atoms with E-state index in [-0.39, 0.29) is 15.6 Å². The molecule has 0 bridgehead atoms. The normalized spacial score (nSPS) is 15.2. The van der Waals surface area contributed by atoms with Crippen LogP contribution in [0.4, 0.5) is 5.00 Å². The highest BCUT2D eigenvalue weighted by atomic mass is 35.5. The third-order valence-corrected chi connectivity index (χ3v) is 3.30. The van der Waals surface area contributed by atoms with E-state index < -0.39 is 17.8 Å². The summed E-state index contributed by atoms with van der Waals surface area (Å²) >= 11 is 6.66. The molecule has 0 spiro atoms. The molecule has 0 saturated carbocycles. The highest BCUT2D eigenvalue weighted by Gasteiger charge is 2.34. The van der Waals surface area contributed by atoms with Crippen LogP contribution < -0.4 is 4.90 Å². The summed E-state index contributed by atoms with van der Waals surface area (Å²) in [5.41, 5.74) is 0.166. The van der Waals surface area contributed by atoms with Crippen LogP contribution in [0.15, 0.2) is 22.6 Å². The van der Waals surface area contributed by atoms with E-state index in [1.54, 1.807) is 5.38 Å². The van der Waals surface area contributed by atoms with Gasteiger partial charge in [0.05, 0.1) is 12.7 Å². The van der Waals surface area contributed by atoms with E-state index in [9.17, 15) is 14.4 Å². The first-order valence-electron chi connectivity index (χ1n) is 4.47. The molecule has 0 unspecified atom stereocenters.